The van der Waals surface area contributed by atoms with Crippen molar-refractivity contribution in [3.05, 3.63) is 58.1 Å². The van der Waals surface area contributed by atoms with E-state index in [0.717, 1.165) is 22.4 Å². The van der Waals surface area contributed by atoms with Crippen LogP contribution in [-0.2, 0) is 6.42 Å². The Balaban J connectivity index is 1.67. The van der Waals surface area contributed by atoms with Gasteiger partial charge in [0.25, 0.3) is 5.91 Å². The van der Waals surface area contributed by atoms with E-state index < -0.39 is 0 Å². The van der Waals surface area contributed by atoms with Crippen molar-refractivity contribution in [2.75, 3.05) is 5.32 Å². The Labute approximate surface area is 157 Å². The minimum atomic E-state index is -0.256. The third kappa shape index (κ3) is 3.18. The van der Waals surface area contributed by atoms with Gasteiger partial charge in [-0.05, 0) is 48.9 Å². The van der Waals surface area contributed by atoms with Gasteiger partial charge >= 0.3 is 0 Å². The number of carbonyl (C=O) groups is 1. The zero-order chi connectivity index (χ0) is 18.1. The first-order valence-electron chi connectivity index (χ1n) is 7.93. The number of carbonyl (C=O) groups excluding carboxylic acids is 1. The fourth-order valence-electron chi connectivity index (χ4n) is 2.51. The molecule has 2 aromatic heterocycles. The van der Waals surface area contributed by atoms with Crippen molar-refractivity contribution in [3.8, 4) is 11.3 Å². The summed E-state index contributed by atoms with van der Waals surface area (Å²) in [6, 6.07) is 12.5. The van der Waals surface area contributed by atoms with Crippen LogP contribution in [0.4, 0.5) is 5.13 Å². The Hall–Kier alpha value is -2.77. The van der Waals surface area contributed by atoms with Crippen LogP contribution in [0.5, 0.6) is 0 Å². The van der Waals surface area contributed by atoms with Crippen molar-refractivity contribution in [2.24, 2.45) is 0 Å². The molecule has 130 valence electrons. The molecule has 2 heterocycles. The molecule has 0 bridgehead atoms. The third-order valence-corrected chi connectivity index (χ3v) is 5.07. The van der Waals surface area contributed by atoms with Crippen molar-refractivity contribution in [2.45, 2.75) is 13.3 Å². The molecule has 0 atom stereocenters. The standard InChI is InChI=1S/C18H13ClN4O2S/c1-2-15-21-22-18(26-15)20-17(24)11-5-8-14-13(9-11)16(25-23-14)10-3-6-12(19)7-4-10/h3-9H,2H2,1H3,(H,20,22,24). The molecule has 4 aromatic rings. The Bertz CT molecular complexity index is 1090. The smallest absolute Gasteiger partial charge is 0.257 e. The van der Waals surface area contributed by atoms with E-state index in [-0.39, 0.29) is 5.91 Å². The zero-order valence-electron chi connectivity index (χ0n) is 13.7. The van der Waals surface area contributed by atoms with Crippen molar-refractivity contribution >= 4 is 44.9 Å². The molecule has 0 aliphatic heterocycles. The molecule has 26 heavy (non-hydrogen) atoms. The van der Waals surface area contributed by atoms with E-state index in [1.54, 1.807) is 30.3 Å². The number of amides is 1. The van der Waals surface area contributed by atoms with E-state index >= 15 is 0 Å². The lowest BCUT2D eigenvalue weighted by Crippen LogP contribution is -2.11. The molecule has 8 heteroatoms. The fraction of sp³-hybridized carbons (Fsp3) is 0.111. The molecule has 0 saturated carbocycles. The van der Waals surface area contributed by atoms with Crippen LogP contribution in [0.3, 0.4) is 0 Å². The molecule has 0 aliphatic rings. The molecule has 0 saturated heterocycles. The SMILES string of the molecule is CCc1nnc(NC(=O)c2ccc3noc(-c4ccc(Cl)cc4)c3c2)s1. The molecule has 2 aromatic carbocycles. The number of halogens is 1. The van der Waals surface area contributed by atoms with Crippen LogP contribution < -0.4 is 5.32 Å². The predicted molar refractivity (Wildman–Crippen MR) is 102 cm³/mol. The topological polar surface area (TPSA) is 80.9 Å². The summed E-state index contributed by atoms with van der Waals surface area (Å²) in [6.45, 7) is 1.99. The molecule has 0 fully saturated rings. The number of hydrogen-bond acceptors (Lipinski definition) is 6. The van der Waals surface area contributed by atoms with Crippen LogP contribution >= 0.6 is 22.9 Å². The Morgan fingerprint density at radius 2 is 2.00 bits per heavy atom. The monoisotopic (exact) mass is 384 g/mol. The second-order valence-electron chi connectivity index (χ2n) is 5.56. The van der Waals surface area contributed by atoms with E-state index in [1.165, 1.54) is 11.3 Å². The summed E-state index contributed by atoms with van der Waals surface area (Å²) in [5, 5.41) is 17.6. The molecular formula is C18H13ClN4O2S. The Morgan fingerprint density at radius 3 is 2.73 bits per heavy atom. The highest BCUT2D eigenvalue weighted by Crippen LogP contribution is 2.30. The number of hydrogen-bond donors (Lipinski definition) is 1. The van der Waals surface area contributed by atoms with Gasteiger partial charge in [-0.3, -0.25) is 10.1 Å². The average molecular weight is 385 g/mol. The Kier molecular flexibility index (Phi) is 4.40. The Morgan fingerprint density at radius 1 is 1.19 bits per heavy atom. The number of anilines is 1. The largest absolute Gasteiger partial charge is 0.355 e. The highest BCUT2D eigenvalue weighted by molar-refractivity contribution is 7.15. The molecule has 0 aliphatic carbocycles. The number of nitrogens with one attached hydrogen (secondary N) is 1. The number of benzene rings is 2. The van der Waals surface area contributed by atoms with Gasteiger partial charge in [-0.2, -0.15) is 0 Å². The molecule has 4 rings (SSSR count). The fourth-order valence-corrected chi connectivity index (χ4v) is 3.31. The maximum atomic E-state index is 12.5. The third-order valence-electron chi connectivity index (χ3n) is 3.83. The van der Waals surface area contributed by atoms with E-state index in [1.807, 2.05) is 19.1 Å². The maximum absolute atomic E-state index is 12.5. The summed E-state index contributed by atoms with van der Waals surface area (Å²) >= 11 is 7.30. The molecule has 1 N–H and O–H groups in total. The lowest BCUT2D eigenvalue weighted by atomic mass is 10.1. The van der Waals surface area contributed by atoms with Crippen molar-refractivity contribution in [1.82, 2.24) is 15.4 Å². The van der Waals surface area contributed by atoms with E-state index in [9.17, 15) is 4.79 Å². The van der Waals surface area contributed by atoms with Crippen molar-refractivity contribution in [3.63, 3.8) is 0 Å². The summed E-state index contributed by atoms with van der Waals surface area (Å²) < 4.78 is 5.47. The minimum absolute atomic E-state index is 0.256. The summed E-state index contributed by atoms with van der Waals surface area (Å²) in [5.74, 6) is 0.337. The number of rotatable bonds is 4. The summed E-state index contributed by atoms with van der Waals surface area (Å²) in [6.07, 6.45) is 0.782. The summed E-state index contributed by atoms with van der Waals surface area (Å²) in [5.41, 5.74) is 2.01. The van der Waals surface area contributed by atoms with Gasteiger partial charge in [-0.25, -0.2) is 0 Å². The van der Waals surface area contributed by atoms with Crippen LogP contribution in [-0.4, -0.2) is 21.3 Å². The number of nitrogens with zero attached hydrogens (tertiary/aromatic N) is 3. The zero-order valence-corrected chi connectivity index (χ0v) is 15.3. The van der Waals surface area contributed by atoms with Gasteiger partial charge in [-0.15, -0.1) is 10.2 Å². The van der Waals surface area contributed by atoms with Gasteiger partial charge in [0.05, 0.1) is 5.39 Å². The maximum Gasteiger partial charge on any atom is 0.257 e. The molecule has 6 nitrogen and oxygen atoms in total. The number of aryl methyl sites for hydroxylation is 1. The van der Waals surface area contributed by atoms with Gasteiger partial charge in [-0.1, -0.05) is 35.0 Å². The van der Waals surface area contributed by atoms with Gasteiger partial charge in [0.15, 0.2) is 5.76 Å². The molecule has 0 unspecified atom stereocenters. The highest BCUT2D eigenvalue weighted by Gasteiger charge is 2.15. The van der Waals surface area contributed by atoms with Gasteiger partial charge < -0.3 is 4.52 Å². The second kappa shape index (κ2) is 6.86. The first kappa shape index (κ1) is 16.7. The van der Waals surface area contributed by atoms with Gasteiger partial charge in [0, 0.05) is 16.1 Å². The molecule has 1 amide bonds. The first-order valence-corrected chi connectivity index (χ1v) is 9.12. The van der Waals surface area contributed by atoms with Crippen LogP contribution in [0.25, 0.3) is 22.2 Å². The lowest BCUT2D eigenvalue weighted by molar-refractivity contribution is 0.102. The van der Waals surface area contributed by atoms with E-state index in [4.69, 9.17) is 16.1 Å². The predicted octanol–water partition coefficient (Wildman–Crippen LogP) is 4.81. The number of fused-ring (bicyclic) bond motifs is 1. The molecule has 0 radical (unpaired) electrons. The van der Waals surface area contributed by atoms with Crippen LogP contribution in [0.2, 0.25) is 5.02 Å². The molecule has 0 spiro atoms. The van der Waals surface area contributed by atoms with Crippen LogP contribution in [0.1, 0.15) is 22.3 Å². The lowest BCUT2D eigenvalue weighted by Gasteiger charge is -2.02. The molecular weight excluding hydrogens is 372 g/mol. The van der Waals surface area contributed by atoms with E-state index in [2.05, 4.69) is 20.7 Å². The van der Waals surface area contributed by atoms with Crippen molar-refractivity contribution in [1.29, 1.82) is 0 Å². The van der Waals surface area contributed by atoms with Crippen molar-refractivity contribution < 1.29 is 9.32 Å². The summed E-state index contributed by atoms with van der Waals surface area (Å²) in [4.78, 5) is 12.5. The minimum Gasteiger partial charge on any atom is -0.355 e. The van der Waals surface area contributed by atoms with Crippen LogP contribution in [0, 0.1) is 0 Å². The summed E-state index contributed by atoms with van der Waals surface area (Å²) in [7, 11) is 0. The average Bonchev–Trinajstić information content (AvgIpc) is 3.28. The number of aromatic nitrogens is 3. The van der Waals surface area contributed by atoms with Crippen LogP contribution in [0.15, 0.2) is 47.0 Å². The highest BCUT2D eigenvalue weighted by atomic mass is 35.5. The van der Waals surface area contributed by atoms with Gasteiger partial charge in [0.1, 0.15) is 10.5 Å². The van der Waals surface area contributed by atoms with Gasteiger partial charge in [0.2, 0.25) is 5.13 Å². The quantitative estimate of drug-likeness (QED) is 0.545. The normalized spacial score (nSPS) is 11.0. The second-order valence-corrected chi connectivity index (χ2v) is 7.06. The van der Waals surface area contributed by atoms with E-state index in [0.29, 0.717) is 27.0 Å². The first-order chi connectivity index (χ1) is 12.6.